The Morgan fingerprint density at radius 1 is 1.33 bits per heavy atom. The van der Waals surface area contributed by atoms with Gasteiger partial charge in [-0.1, -0.05) is 13.0 Å². The highest BCUT2D eigenvalue weighted by molar-refractivity contribution is 6.14. The van der Waals surface area contributed by atoms with Gasteiger partial charge in [-0.15, -0.1) is 0 Å². The molecule has 0 atom stereocenters. The van der Waals surface area contributed by atoms with Crippen LogP contribution in [0.3, 0.4) is 0 Å². The molecule has 0 saturated heterocycles. The summed E-state index contributed by atoms with van der Waals surface area (Å²) in [5.74, 6) is 1.31. The summed E-state index contributed by atoms with van der Waals surface area (Å²) in [5, 5.41) is 9.33. The zero-order chi connectivity index (χ0) is 17.5. The van der Waals surface area contributed by atoms with E-state index in [2.05, 4.69) is 0 Å². The van der Waals surface area contributed by atoms with Crippen LogP contribution in [-0.4, -0.2) is 19.5 Å². The lowest BCUT2D eigenvalue weighted by Gasteiger charge is -2.10. The molecule has 124 valence electrons. The maximum Gasteiger partial charge on any atom is 0.207 e. The van der Waals surface area contributed by atoms with Crippen molar-refractivity contribution in [2.45, 2.75) is 20.3 Å². The van der Waals surface area contributed by atoms with Gasteiger partial charge in [0.1, 0.15) is 17.4 Å². The second kappa shape index (κ2) is 8.02. The topological polar surface area (TPSA) is 72.5 Å². The Kier molecular flexibility index (Phi) is 5.80. The summed E-state index contributed by atoms with van der Waals surface area (Å²) in [4.78, 5) is 12.4. The fourth-order valence-corrected chi connectivity index (χ4v) is 2.19. The smallest absolute Gasteiger partial charge is 0.207 e. The minimum absolute atomic E-state index is 0.0334. The molecule has 5 nitrogen and oxygen atoms in total. The van der Waals surface area contributed by atoms with Crippen molar-refractivity contribution in [3.63, 3.8) is 0 Å². The highest BCUT2D eigenvalue weighted by atomic mass is 16.5. The Labute approximate surface area is 141 Å². The Morgan fingerprint density at radius 3 is 2.71 bits per heavy atom. The third-order valence-electron chi connectivity index (χ3n) is 3.43. The summed E-state index contributed by atoms with van der Waals surface area (Å²) in [6, 6.07) is 8.79. The molecule has 0 N–H and O–H groups in total. The molecule has 0 unspecified atom stereocenters. The molecule has 0 spiro atoms. The Hall–Kier alpha value is -3.00. The van der Waals surface area contributed by atoms with E-state index >= 15 is 0 Å². The van der Waals surface area contributed by atoms with Crippen LogP contribution in [0.4, 0.5) is 0 Å². The average Bonchev–Trinajstić information content (AvgIpc) is 3.03. The average molecular weight is 325 g/mol. The van der Waals surface area contributed by atoms with Crippen LogP contribution in [0.15, 0.2) is 40.5 Å². The first-order chi connectivity index (χ1) is 11.6. The summed E-state index contributed by atoms with van der Waals surface area (Å²) < 4.78 is 16.0. The van der Waals surface area contributed by atoms with Gasteiger partial charge in [0, 0.05) is 0 Å². The molecule has 2 aromatic rings. The molecule has 0 aliphatic carbocycles. The number of benzene rings is 1. The minimum Gasteiger partial charge on any atom is -0.493 e. The molecule has 2 rings (SSSR count). The van der Waals surface area contributed by atoms with Crippen LogP contribution in [-0.2, 0) is 0 Å². The molecule has 0 bridgehead atoms. The van der Waals surface area contributed by atoms with Gasteiger partial charge < -0.3 is 13.9 Å². The predicted octanol–water partition coefficient (Wildman–Crippen LogP) is 4.18. The number of Topliss-reactive ketones (excluding diaryl/α,β-unsaturated/α-hetero) is 1. The lowest BCUT2D eigenvalue weighted by atomic mass is 10.0. The molecule has 0 aliphatic heterocycles. The predicted molar refractivity (Wildman–Crippen MR) is 90.1 cm³/mol. The molecular formula is C19H19NO4. The maximum absolute atomic E-state index is 12.4. The second-order valence-corrected chi connectivity index (χ2v) is 5.15. The van der Waals surface area contributed by atoms with Gasteiger partial charge in [-0.2, -0.15) is 5.26 Å². The normalized spacial score (nSPS) is 11.0. The number of allylic oxidation sites excluding steroid dienone is 1. The third kappa shape index (κ3) is 3.85. The van der Waals surface area contributed by atoms with Crippen molar-refractivity contribution in [3.05, 3.63) is 53.0 Å². The standard InChI is InChI=1S/C19H19NO4/c1-4-8-24-18-11-14(5-6-17(18)22-3)10-15(12-20)19(21)16-7-9-23-13(16)2/h5-7,9-11H,4,8H2,1-3H3/b15-10+. The lowest BCUT2D eigenvalue weighted by Crippen LogP contribution is -2.02. The first-order valence-electron chi connectivity index (χ1n) is 7.62. The third-order valence-corrected chi connectivity index (χ3v) is 3.43. The molecule has 0 fully saturated rings. The number of ether oxygens (including phenoxy) is 2. The van der Waals surface area contributed by atoms with Gasteiger partial charge in [-0.05, 0) is 43.2 Å². The van der Waals surface area contributed by atoms with Crippen LogP contribution < -0.4 is 9.47 Å². The highest BCUT2D eigenvalue weighted by Gasteiger charge is 2.17. The van der Waals surface area contributed by atoms with Gasteiger partial charge in [0.2, 0.25) is 5.78 Å². The Morgan fingerprint density at radius 2 is 2.12 bits per heavy atom. The van der Waals surface area contributed by atoms with E-state index in [4.69, 9.17) is 13.9 Å². The van der Waals surface area contributed by atoms with E-state index in [0.29, 0.717) is 35.0 Å². The van der Waals surface area contributed by atoms with Crippen molar-refractivity contribution < 1.29 is 18.7 Å². The number of carbonyl (C=O) groups excluding carboxylic acids is 1. The summed E-state index contributed by atoms with van der Waals surface area (Å²) in [5.41, 5.74) is 1.11. The number of rotatable bonds is 7. The molecule has 0 amide bonds. The van der Waals surface area contributed by atoms with Crippen LogP contribution in [0.2, 0.25) is 0 Å². The van der Waals surface area contributed by atoms with Crippen LogP contribution in [0, 0.1) is 18.3 Å². The van der Waals surface area contributed by atoms with E-state index < -0.39 is 0 Å². The van der Waals surface area contributed by atoms with E-state index in [1.165, 1.54) is 12.3 Å². The summed E-state index contributed by atoms with van der Waals surface area (Å²) >= 11 is 0. The molecule has 0 aliphatic rings. The molecule has 0 radical (unpaired) electrons. The number of furan rings is 1. The van der Waals surface area contributed by atoms with E-state index in [-0.39, 0.29) is 11.4 Å². The SMILES string of the molecule is CCCOc1cc(/C=C(\C#N)C(=O)c2ccoc2C)ccc1OC. The summed E-state index contributed by atoms with van der Waals surface area (Å²) in [6.45, 7) is 4.25. The molecule has 1 heterocycles. The van der Waals surface area contributed by atoms with Gasteiger partial charge in [-0.25, -0.2) is 0 Å². The van der Waals surface area contributed by atoms with Crippen molar-refractivity contribution in [2.24, 2.45) is 0 Å². The van der Waals surface area contributed by atoms with Crippen molar-refractivity contribution in [1.82, 2.24) is 0 Å². The van der Waals surface area contributed by atoms with Crippen LogP contribution in [0.25, 0.3) is 6.08 Å². The van der Waals surface area contributed by atoms with E-state index in [1.54, 1.807) is 38.3 Å². The van der Waals surface area contributed by atoms with Gasteiger partial charge >= 0.3 is 0 Å². The first-order valence-corrected chi connectivity index (χ1v) is 7.62. The number of hydrogen-bond donors (Lipinski definition) is 0. The zero-order valence-electron chi connectivity index (χ0n) is 14.0. The maximum atomic E-state index is 12.4. The lowest BCUT2D eigenvalue weighted by molar-refractivity contribution is 0.103. The van der Waals surface area contributed by atoms with Crippen molar-refractivity contribution in [3.8, 4) is 17.6 Å². The number of carbonyl (C=O) groups is 1. The number of aryl methyl sites for hydroxylation is 1. The van der Waals surface area contributed by atoms with Crippen molar-refractivity contribution in [1.29, 1.82) is 5.26 Å². The quantitative estimate of drug-likeness (QED) is 0.434. The monoisotopic (exact) mass is 325 g/mol. The largest absolute Gasteiger partial charge is 0.493 e. The van der Waals surface area contributed by atoms with Crippen LogP contribution >= 0.6 is 0 Å². The summed E-state index contributed by atoms with van der Waals surface area (Å²) in [6.07, 6.45) is 3.83. The van der Waals surface area contributed by atoms with Gasteiger partial charge in [-0.3, -0.25) is 4.79 Å². The van der Waals surface area contributed by atoms with Gasteiger partial charge in [0.05, 0.1) is 25.5 Å². The summed E-state index contributed by atoms with van der Waals surface area (Å²) in [7, 11) is 1.57. The number of methoxy groups -OCH3 is 1. The van der Waals surface area contributed by atoms with Crippen molar-refractivity contribution >= 4 is 11.9 Å². The van der Waals surface area contributed by atoms with E-state index in [9.17, 15) is 10.1 Å². The molecular weight excluding hydrogens is 306 g/mol. The van der Waals surface area contributed by atoms with E-state index in [1.807, 2.05) is 13.0 Å². The van der Waals surface area contributed by atoms with Crippen LogP contribution in [0.5, 0.6) is 11.5 Å². The minimum atomic E-state index is -0.365. The van der Waals surface area contributed by atoms with E-state index in [0.717, 1.165) is 6.42 Å². The molecule has 1 aromatic heterocycles. The zero-order valence-corrected chi connectivity index (χ0v) is 14.0. The Balaban J connectivity index is 2.35. The first kappa shape index (κ1) is 17.4. The number of nitrogens with zero attached hydrogens (tertiary/aromatic N) is 1. The number of ketones is 1. The van der Waals surface area contributed by atoms with Gasteiger partial charge in [0.25, 0.3) is 0 Å². The fourth-order valence-electron chi connectivity index (χ4n) is 2.19. The fraction of sp³-hybridized carbons (Fsp3) is 0.263. The molecule has 0 saturated carbocycles. The highest BCUT2D eigenvalue weighted by Crippen LogP contribution is 2.29. The van der Waals surface area contributed by atoms with Gasteiger partial charge in [0.15, 0.2) is 11.5 Å². The Bertz CT molecular complexity index is 796. The van der Waals surface area contributed by atoms with Crippen LogP contribution in [0.1, 0.15) is 35.0 Å². The number of hydrogen-bond acceptors (Lipinski definition) is 5. The number of nitriles is 1. The van der Waals surface area contributed by atoms with Crippen molar-refractivity contribution in [2.75, 3.05) is 13.7 Å². The molecule has 24 heavy (non-hydrogen) atoms. The second-order valence-electron chi connectivity index (χ2n) is 5.15. The molecule has 5 heteroatoms. The molecule has 1 aromatic carbocycles.